The Kier molecular flexibility index (Phi) is 4.36. The minimum absolute atomic E-state index is 0.101. The zero-order chi connectivity index (χ0) is 20.0. The predicted octanol–water partition coefficient (Wildman–Crippen LogP) is 5.02. The second-order valence-corrected chi connectivity index (χ2v) is 8.32. The van der Waals surface area contributed by atoms with E-state index in [0.29, 0.717) is 18.1 Å². The van der Waals surface area contributed by atoms with Crippen molar-refractivity contribution in [3.63, 3.8) is 0 Å². The van der Waals surface area contributed by atoms with E-state index in [-0.39, 0.29) is 11.9 Å². The molecule has 0 aliphatic carbocycles. The molecule has 0 saturated carbocycles. The van der Waals surface area contributed by atoms with Crippen LogP contribution in [0.25, 0.3) is 21.1 Å². The summed E-state index contributed by atoms with van der Waals surface area (Å²) in [6.45, 7) is 5.12. The molecule has 146 valence electrons. The fraction of sp³-hybridized carbons (Fsp3) is 0.217. The van der Waals surface area contributed by atoms with Crippen LogP contribution in [0.2, 0.25) is 0 Å². The molecule has 2 aromatic heterocycles. The Morgan fingerprint density at radius 3 is 2.72 bits per heavy atom. The maximum atomic E-state index is 12.8. The van der Waals surface area contributed by atoms with Crippen LogP contribution in [0.3, 0.4) is 0 Å². The van der Waals surface area contributed by atoms with E-state index in [9.17, 15) is 4.79 Å². The lowest BCUT2D eigenvalue weighted by Crippen LogP contribution is -2.26. The van der Waals surface area contributed by atoms with Gasteiger partial charge in [-0.1, -0.05) is 18.2 Å². The highest BCUT2D eigenvalue weighted by Gasteiger charge is 2.18. The zero-order valence-corrected chi connectivity index (χ0v) is 17.0. The van der Waals surface area contributed by atoms with Crippen LogP contribution in [-0.2, 0) is 0 Å². The topological polar surface area (TPSA) is 60.5 Å². The monoisotopic (exact) mass is 404 g/mol. The third-order valence-corrected chi connectivity index (χ3v) is 6.14. The number of fused-ring (bicyclic) bond motifs is 3. The average Bonchev–Trinajstić information content (AvgIpc) is 3.14. The van der Waals surface area contributed by atoms with Crippen molar-refractivity contribution in [3.8, 4) is 11.5 Å². The lowest BCUT2D eigenvalue weighted by atomic mass is 10.1. The molecule has 0 spiro atoms. The molecule has 6 heteroatoms. The summed E-state index contributed by atoms with van der Waals surface area (Å²) in [5.41, 5.74) is 3.10. The molecule has 1 aliphatic rings. The molecule has 29 heavy (non-hydrogen) atoms. The summed E-state index contributed by atoms with van der Waals surface area (Å²) >= 11 is 1.42. The Balaban J connectivity index is 1.39. The van der Waals surface area contributed by atoms with E-state index in [2.05, 4.69) is 36.5 Å². The highest BCUT2D eigenvalue weighted by Crippen LogP contribution is 2.33. The van der Waals surface area contributed by atoms with Crippen LogP contribution >= 0.6 is 11.3 Å². The van der Waals surface area contributed by atoms with Crippen molar-refractivity contribution in [2.45, 2.75) is 19.9 Å². The number of hydrogen-bond acceptors (Lipinski definition) is 5. The minimum Gasteiger partial charge on any atom is -0.486 e. The molecule has 1 aliphatic heterocycles. The first-order valence-electron chi connectivity index (χ1n) is 9.58. The lowest BCUT2D eigenvalue weighted by molar-refractivity contribution is 0.0944. The number of rotatable bonds is 3. The van der Waals surface area contributed by atoms with E-state index in [4.69, 9.17) is 14.5 Å². The van der Waals surface area contributed by atoms with Crippen molar-refractivity contribution >= 4 is 38.4 Å². The first kappa shape index (κ1) is 17.9. The number of hydrogen-bond donors (Lipinski definition) is 1. The molecule has 1 N–H and O–H groups in total. The summed E-state index contributed by atoms with van der Waals surface area (Å²) in [6, 6.07) is 15.8. The summed E-state index contributed by atoms with van der Waals surface area (Å²) in [7, 11) is 0. The van der Waals surface area contributed by atoms with Crippen molar-refractivity contribution in [1.82, 2.24) is 10.3 Å². The number of ether oxygens (including phenoxy) is 2. The van der Waals surface area contributed by atoms with E-state index < -0.39 is 0 Å². The van der Waals surface area contributed by atoms with Crippen molar-refractivity contribution < 1.29 is 14.3 Å². The SMILES string of the molecule is Cc1ccc2cc3cc(C(=O)N[C@H](C)c4ccc5c(c4)OCCO5)sc3nc2c1. The van der Waals surface area contributed by atoms with Gasteiger partial charge in [-0.15, -0.1) is 11.3 Å². The van der Waals surface area contributed by atoms with Gasteiger partial charge >= 0.3 is 0 Å². The molecule has 0 radical (unpaired) electrons. The molecule has 3 heterocycles. The van der Waals surface area contributed by atoms with Gasteiger partial charge in [0.15, 0.2) is 11.5 Å². The van der Waals surface area contributed by atoms with Gasteiger partial charge in [0.1, 0.15) is 18.0 Å². The van der Waals surface area contributed by atoms with Gasteiger partial charge in [-0.05, 0) is 55.3 Å². The second kappa shape index (κ2) is 7.04. The minimum atomic E-state index is -0.154. The average molecular weight is 404 g/mol. The maximum Gasteiger partial charge on any atom is 0.261 e. The number of carbonyl (C=O) groups is 1. The first-order chi connectivity index (χ1) is 14.1. The van der Waals surface area contributed by atoms with Gasteiger partial charge in [-0.2, -0.15) is 0 Å². The molecule has 4 aromatic rings. The van der Waals surface area contributed by atoms with Gasteiger partial charge in [-0.25, -0.2) is 4.98 Å². The third-order valence-electron chi connectivity index (χ3n) is 5.10. The fourth-order valence-electron chi connectivity index (χ4n) is 3.53. The maximum absolute atomic E-state index is 12.8. The highest BCUT2D eigenvalue weighted by molar-refractivity contribution is 7.20. The van der Waals surface area contributed by atoms with E-state index in [1.54, 1.807) is 0 Å². The first-order valence-corrected chi connectivity index (χ1v) is 10.4. The molecular formula is C23H20N2O3S. The van der Waals surface area contributed by atoms with Crippen LogP contribution in [0.4, 0.5) is 0 Å². The van der Waals surface area contributed by atoms with Crippen molar-refractivity contribution in [2.75, 3.05) is 13.2 Å². The number of carbonyl (C=O) groups excluding carboxylic acids is 1. The second-order valence-electron chi connectivity index (χ2n) is 7.29. The Morgan fingerprint density at radius 1 is 1.03 bits per heavy atom. The van der Waals surface area contributed by atoms with Crippen molar-refractivity contribution in [1.29, 1.82) is 0 Å². The fourth-order valence-corrected chi connectivity index (χ4v) is 4.45. The Bertz CT molecular complexity index is 1250. The lowest BCUT2D eigenvalue weighted by Gasteiger charge is -2.21. The van der Waals surface area contributed by atoms with Crippen molar-refractivity contribution in [3.05, 3.63) is 64.5 Å². The van der Waals surface area contributed by atoms with Crippen LogP contribution in [0, 0.1) is 6.92 Å². The smallest absolute Gasteiger partial charge is 0.261 e. The Hall–Kier alpha value is -3.12. The van der Waals surface area contributed by atoms with Crippen LogP contribution in [0.15, 0.2) is 48.5 Å². The molecule has 0 saturated heterocycles. The number of amides is 1. The molecule has 0 unspecified atom stereocenters. The van der Waals surface area contributed by atoms with Crippen LogP contribution < -0.4 is 14.8 Å². The zero-order valence-electron chi connectivity index (χ0n) is 16.2. The number of nitrogens with zero attached hydrogens (tertiary/aromatic N) is 1. The molecule has 1 atom stereocenters. The van der Waals surface area contributed by atoms with E-state index in [1.165, 1.54) is 16.9 Å². The largest absolute Gasteiger partial charge is 0.486 e. The third kappa shape index (κ3) is 3.40. The van der Waals surface area contributed by atoms with Gasteiger partial charge in [0, 0.05) is 10.8 Å². The number of aryl methyl sites for hydroxylation is 1. The van der Waals surface area contributed by atoms with Gasteiger partial charge < -0.3 is 14.8 Å². The summed E-state index contributed by atoms with van der Waals surface area (Å²) in [5.74, 6) is 1.37. The summed E-state index contributed by atoms with van der Waals surface area (Å²) in [6.07, 6.45) is 0. The standard InChI is InChI=1S/C23H20N2O3S/c1-13-3-4-16-10-17-12-21(29-23(17)25-18(16)9-13)22(26)24-14(2)15-5-6-19-20(11-15)28-8-7-27-19/h3-6,9-12,14H,7-8H2,1-2H3,(H,24,26)/t14-/m1/s1. The Labute approximate surface area is 172 Å². The number of aromatic nitrogens is 1. The number of thiophene rings is 1. The molecule has 5 rings (SSSR count). The van der Waals surface area contributed by atoms with E-state index in [0.717, 1.165) is 38.2 Å². The molecule has 5 nitrogen and oxygen atoms in total. The predicted molar refractivity (Wildman–Crippen MR) is 115 cm³/mol. The van der Waals surface area contributed by atoms with E-state index >= 15 is 0 Å². The summed E-state index contributed by atoms with van der Waals surface area (Å²) in [5, 5.41) is 5.15. The number of nitrogens with one attached hydrogen (secondary N) is 1. The normalized spacial score (nSPS) is 14.1. The molecule has 0 bridgehead atoms. The van der Waals surface area contributed by atoms with Crippen LogP contribution in [0.1, 0.15) is 33.8 Å². The molecule has 2 aromatic carbocycles. The van der Waals surface area contributed by atoms with Crippen LogP contribution in [-0.4, -0.2) is 24.1 Å². The van der Waals surface area contributed by atoms with Gasteiger partial charge in [0.2, 0.25) is 0 Å². The molecule has 0 fully saturated rings. The molecule has 1 amide bonds. The number of benzene rings is 2. The van der Waals surface area contributed by atoms with Gasteiger partial charge in [0.25, 0.3) is 5.91 Å². The highest BCUT2D eigenvalue weighted by atomic mass is 32.1. The van der Waals surface area contributed by atoms with Gasteiger partial charge in [0.05, 0.1) is 16.4 Å². The summed E-state index contributed by atoms with van der Waals surface area (Å²) in [4.78, 5) is 19.1. The van der Waals surface area contributed by atoms with Crippen LogP contribution in [0.5, 0.6) is 11.5 Å². The van der Waals surface area contributed by atoms with E-state index in [1.807, 2.05) is 31.2 Å². The summed E-state index contributed by atoms with van der Waals surface area (Å²) < 4.78 is 11.2. The Morgan fingerprint density at radius 2 is 1.86 bits per heavy atom. The van der Waals surface area contributed by atoms with Crippen molar-refractivity contribution in [2.24, 2.45) is 0 Å². The van der Waals surface area contributed by atoms with Gasteiger partial charge in [-0.3, -0.25) is 4.79 Å². The number of pyridine rings is 1. The quantitative estimate of drug-likeness (QED) is 0.521. The molecular weight excluding hydrogens is 384 g/mol.